The second-order valence-electron chi connectivity index (χ2n) is 4.96. The molecule has 1 atom stereocenters. The highest BCUT2D eigenvalue weighted by molar-refractivity contribution is 7.07. The van der Waals surface area contributed by atoms with Crippen molar-refractivity contribution < 1.29 is 18.0 Å². The van der Waals surface area contributed by atoms with Gasteiger partial charge in [-0.05, 0) is 41.8 Å². The first kappa shape index (κ1) is 17.1. The highest BCUT2D eigenvalue weighted by Crippen LogP contribution is 2.29. The number of carbonyl (C=O) groups excluding carboxylic acids is 1. The van der Waals surface area contributed by atoms with Crippen LogP contribution in [0.15, 0.2) is 33.9 Å². The largest absolute Gasteiger partial charge is 0.417 e. The summed E-state index contributed by atoms with van der Waals surface area (Å²) in [6, 6.07) is 1.53. The summed E-state index contributed by atoms with van der Waals surface area (Å²) in [7, 11) is 0. The molecule has 2 amide bonds. The van der Waals surface area contributed by atoms with Crippen LogP contribution in [-0.2, 0) is 12.6 Å². The summed E-state index contributed by atoms with van der Waals surface area (Å²) < 4.78 is 37.8. The lowest BCUT2D eigenvalue weighted by Gasteiger charge is -2.14. The predicted octanol–water partition coefficient (Wildman–Crippen LogP) is 3.21. The van der Waals surface area contributed by atoms with Crippen LogP contribution < -0.4 is 16.2 Å². The molecule has 0 unspecified atom stereocenters. The summed E-state index contributed by atoms with van der Waals surface area (Å²) in [5, 5.41) is 8.56. The van der Waals surface area contributed by atoms with Gasteiger partial charge in [-0.15, -0.1) is 0 Å². The van der Waals surface area contributed by atoms with Crippen LogP contribution in [-0.4, -0.2) is 17.1 Å². The van der Waals surface area contributed by atoms with E-state index in [1.165, 1.54) is 11.3 Å². The number of hydrogen-bond acceptors (Lipinski definition) is 3. The molecule has 0 aliphatic carbocycles. The fourth-order valence-electron chi connectivity index (χ4n) is 1.94. The average molecular weight is 345 g/mol. The molecule has 0 bridgehead atoms. The molecule has 0 spiro atoms. The third-order valence-corrected chi connectivity index (χ3v) is 3.71. The summed E-state index contributed by atoms with van der Waals surface area (Å²) in [6.07, 6.45) is -3.47. The first-order valence-electron chi connectivity index (χ1n) is 6.64. The molecule has 0 saturated heterocycles. The van der Waals surface area contributed by atoms with Crippen molar-refractivity contribution in [2.24, 2.45) is 0 Å². The molecule has 2 aromatic heterocycles. The summed E-state index contributed by atoms with van der Waals surface area (Å²) in [5.41, 5.74) is -1.27. The third kappa shape index (κ3) is 4.85. The van der Waals surface area contributed by atoms with Crippen LogP contribution in [0.3, 0.4) is 0 Å². The number of amides is 2. The molecule has 0 aromatic carbocycles. The van der Waals surface area contributed by atoms with Crippen molar-refractivity contribution in [1.82, 2.24) is 10.3 Å². The molecule has 3 N–H and O–H groups in total. The fraction of sp³-hybridized carbons (Fsp3) is 0.286. The van der Waals surface area contributed by atoms with Crippen LogP contribution in [0.2, 0.25) is 0 Å². The Balaban J connectivity index is 2.01. The predicted molar refractivity (Wildman–Crippen MR) is 81.7 cm³/mol. The van der Waals surface area contributed by atoms with E-state index in [0.717, 1.165) is 5.56 Å². The number of thiophene rings is 1. The molecule has 0 fully saturated rings. The fourth-order valence-corrected chi connectivity index (χ4v) is 2.62. The SMILES string of the molecule is C[C@H](Cc1ccsc1)NC(=O)Nc1cc(C(F)(F)F)c[nH]c1=O. The molecule has 124 valence electrons. The first-order chi connectivity index (χ1) is 10.8. The van der Waals surface area contributed by atoms with E-state index in [2.05, 4.69) is 10.6 Å². The number of pyridine rings is 1. The van der Waals surface area contributed by atoms with E-state index in [4.69, 9.17) is 0 Å². The van der Waals surface area contributed by atoms with E-state index in [0.29, 0.717) is 18.7 Å². The van der Waals surface area contributed by atoms with Gasteiger partial charge in [-0.2, -0.15) is 24.5 Å². The van der Waals surface area contributed by atoms with E-state index in [-0.39, 0.29) is 6.04 Å². The number of aromatic amines is 1. The highest BCUT2D eigenvalue weighted by atomic mass is 32.1. The number of nitrogens with one attached hydrogen (secondary N) is 3. The Bertz CT molecular complexity index is 726. The summed E-state index contributed by atoms with van der Waals surface area (Å²) in [4.78, 5) is 25.3. The van der Waals surface area contributed by atoms with Gasteiger partial charge >= 0.3 is 12.2 Å². The summed E-state index contributed by atoms with van der Waals surface area (Å²) in [5.74, 6) is 0. The Hall–Kier alpha value is -2.29. The van der Waals surface area contributed by atoms with E-state index < -0.39 is 29.0 Å². The maximum atomic E-state index is 12.6. The lowest BCUT2D eigenvalue weighted by molar-refractivity contribution is -0.137. The number of urea groups is 1. The molecule has 2 aromatic rings. The number of halogens is 3. The van der Waals surface area contributed by atoms with Crippen molar-refractivity contribution in [3.63, 3.8) is 0 Å². The van der Waals surface area contributed by atoms with Gasteiger partial charge in [0, 0.05) is 12.2 Å². The standard InChI is InChI=1S/C14H14F3N3O2S/c1-8(4-9-2-3-23-7-9)19-13(22)20-11-5-10(14(15,16)17)6-18-12(11)21/h2-3,5-8H,4H2,1H3,(H,18,21)(H2,19,20,22)/t8-/m1/s1. The number of carbonyl (C=O) groups is 1. The van der Waals surface area contributed by atoms with E-state index in [1.807, 2.05) is 21.8 Å². The topological polar surface area (TPSA) is 74.0 Å². The van der Waals surface area contributed by atoms with Crippen LogP contribution in [0, 0.1) is 0 Å². The average Bonchev–Trinajstić information content (AvgIpc) is 2.92. The Morgan fingerprint density at radius 1 is 1.43 bits per heavy atom. The second-order valence-corrected chi connectivity index (χ2v) is 5.74. The van der Waals surface area contributed by atoms with Gasteiger partial charge in [0.25, 0.3) is 5.56 Å². The monoisotopic (exact) mass is 345 g/mol. The number of hydrogen-bond donors (Lipinski definition) is 3. The minimum Gasteiger partial charge on any atom is -0.335 e. The van der Waals surface area contributed by atoms with E-state index in [9.17, 15) is 22.8 Å². The maximum Gasteiger partial charge on any atom is 0.417 e. The van der Waals surface area contributed by atoms with Gasteiger partial charge in [0.15, 0.2) is 0 Å². The first-order valence-corrected chi connectivity index (χ1v) is 7.58. The lowest BCUT2D eigenvalue weighted by Crippen LogP contribution is -2.38. The lowest BCUT2D eigenvalue weighted by atomic mass is 10.1. The van der Waals surface area contributed by atoms with Gasteiger partial charge in [0.05, 0.1) is 5.56 Å². The van der Waals surface area contributed by atoms with Gasteiger partial charge in [-0.25, -0.2) is 4.79 Å². The van der Waals surface area contributed by atoms with E-state index in [1.54, 1.807) is 6.92 Å². The number of rotatable bonds is 4. The van der Waals surface area contributed by atoms with Crippen LogP contribution >= 0.6 is 11.3 Å². The van der Waals surface area contributed by atoms with Crippen LogP contribution in [0.4, 0.5) is 23.7 Å². The summed E-state index contributed by atoms with van der Waals surface area (Å²) >= 11 is 1.53. The molecule has 9 heteroatoms. The zero-order valence-corrected chi connectivity index (χ0v) is 12.8. The number of anilines is 1. The molecular formula is C14H14F3N3O2S. The van der Waals surface area contributed by atoms with E-state index >= 15 is 0 Å². The molecule has 2 rings (SSSR count). The Labute approximate surface area is 133 Å². The van der Waals surface area contributed by atoms with Gasteiger partial charge in [-0.3, -0.25) is 4.79 Å². The van der Waals surface area contributed by atoms with Gasteiger partial charge in [-0.1, -0.05) is 0 Å². The Kier molecular flexibility index (Phi) is 5.09. The van der Waals surface area contributed by atoms with Crippen LogP contribution in [0.5, 0.6) is 0 Å². The molecule has 0 radical (unpaired) electrons. The maximum absolute atomic E-state index is 12.6. The molecule has 0 saturated carbocycles. The van der Waals surface area contributed by atoms with Crippen molar-refractivity contribution in [2.75, 3.05) is 5.32 Å². The van der Waals surface area contributed by atoms with Gasteiger partial charge < -0.3 is 15.6 Å². The van der Waals surface area contributed by atoms with Crippen molar-refractivity contribution in [1.29, 1.82) is 0 Å². The number of alkyl halides is 3. The number of H-pyrrole nitrogens is 1. The minimum atomic E-state index is -4.61. The van der Waals surface area contributed by atoms with Crippen molar-refractivity contribution >= 4 is 23.1 Å². The molecule has 5 nitrogen and oxygen atoms in total. The zero-order chi connectivity index (χ0) is 17.0. The van der Waals surface area contributed by atoms with Crippen LogP contribution in [0.25, 0.3) is 0 Å². The molecule has 23 heavy (non-hydrogen) atoms. The molecule has 0 aliphatic heterocycles. The van der Waals surface area contributed by atoms with Gasteiger partial charge in [0.1, 0.15) is 5.69 Å². The minimum absolute atomic E-state index is 0.241. The Morgan fingerprint density at radius 3 is 2.78 bits per heavy atom. The van der Waals surface area contributed by atoms with Gasteiger partial charge in [0.2, 0.25) is 0 Å². The second kappa shape index (κ2) is 6.86. The highest BCUT2D eigenvalue weighted by Gasteiger charge is 2.31. The Morgan fingerprint density at radius 2 is 2.17 bits per heavy atom. The molecular weight excluding hydrogens is 331 g/mol. The van der Waals surface area contributed by atoms with Crippen molar-refractivity contribution in [3.05, 3.63) is 50.6 Å². The zero-order valence-electron chi connectivity index (χ0n) is 12.0. The normalized spacial score (nSPS) is 12.7. The number of aromatic nitrogens is 1. The summed E-state index contributed by atoms with van der Waals surface area (Å²) in [6.45, 7) is 1.76. The quantitative estimate of drug-likeness (QED) is 0.796. The van der Waals surface area contributed by atoms with Crippen LogP contribution in [0.1, 0.15) is 18.1 Å². The van der Waals surface area contributed by atoms with Crippen molar-refractivity contribution in [3.8, 4) is 0 Å². The molecule has 0 aliphatic rings. The van der Waals surface area contributed by atoms with Crippen molar-refractivity contribution in [2.45, 2.75) is 25.6 Å². The molecule has 2 heterocycles. The smallest absolute Gasteiger partial charge is 0.335 e. The third-order valence-electron chi connectivity index (χ3n) is 2.98.